The minimum absolute atomic E-state index is 0.0608. The zero-order valence-electron chi connectivity index (χ0n) is 19.5. The monoisotopic (exact) mass is 403 g/mol. The Labute approximate surface area is 174 Å². The molecule has 3 aromatic rings. The predicted molar refractivity (Wildman–Crippen MR) is 110 cm³/mol. The van der Waals surface area contributed by atoms with Gasteiger partial charge in [-0.05, 0) is 23.6 Å². The van der Waals surface area contributed by atoms with E-state index in [9.17, 15) is 4.39 Å². The van der Waals surface area contributed by atoms with Crippen LogP contribution < -0.4 is 10.9 Å². The van der Waals surface area contributed by atoms with Gasteiger partial charge in [0.1, 0.15) is 13.1 Å². The molecule has 3 N–H and O–H groups in total. The van der Waals surface area contributed by atoms with Gasteiger partial charge in [-0.25, -0.2) is 19.8 Å². The van der Waals surface area contributed by atoms with Crippen LogP contribution in [0, 0.1) is 11.7 Å². The van der Waals surface area contributed by atoms with Gasteiger partial charge in [-0.2, -0.15) is 5.53 Å². The van der Waals surface area contributed by atoms with Crippen molar-refractivity contribution in [3.8, 4) is 22.6 Å². The molecule has 7 heteroatoms. The summed E-state index contributed by atoms with van der Waals surface area (Å²) in [5, 5.41) is 1.35. The van der Waals surface area contributed by atoms with Gasteiger partial charge in [0.25, 0.3) is 0 Å². The largest absolute Gasteiger partial charge is 0.338 e. The molecule has 0 saturated carbocycles. The molecule has 1 saturated heterocycles. The van der Waals surface area contributed by atoms with Crippen LogP contribution in [0.4, 0.5) is 4.39 Å². The number of hydrogen-bond donors (Lipinski definition) is 3. The molecule has 146 valence electrons. The van der Waals surface area contributed by atoms with Crippen molar-refractivity contribution in [2.24, 2.45) is 5.92 Å². The molecule has 0 radical (unpaired) electrons. The molecule has 1 aliphatic rings. The van der Waals surface area contributed by atoms with E-state index in [1.807, 2.05) is 44.2 Å². The topological polar surface area (TPSA) is 56.0 Å². The number of nitrogens with zero attached hydrogens (tertiary/aromatic N) is 2. The number of aromatic amines is 1. The fraction of sp³-hybridized carbons (Fsp3) is 0.286. The first-order chi connectivity index (χ1) is 15.1. The summed E-state index contributed by atoms with van der Waals surface area (Å²) in [5.74, 6) is -0.381. The van der Waals surface area contributed by atoms with Gasteiger partial charge in [0.2, 0.25) is 0 Å². The summed E-state index contributed by atoms with van der Waals surface area (Å²) < 4.78 is 48.9. The fourth-order valence-corrected chi connectivity index (χ4v) is 3.36. The molecule has 0 bridgehead atoms. The number of hydrazine groups is 2. The van der Waals surface area contributed by atoms with E-state index in [-0.39, 0.29) is 34.6 Å². The van der Waals surface area contributed by atoms with E-state index in [4.69, 9.17) is 17.2 Å². The summed E-state index contributed by atoms with van der Waals surface area (Å²) >= 11 is 6.25. The minimum atomic E-state index is -2.12. The van der Waals surface area contributed by atoms with Gasteiger partial charge in [-0.15, -0.1) is 0 Å². The van der Waals surface area contributed by atoms with Crippen molar-refractivity contribution in [2.75, 3.05) is 13.0 Å². The molecule has 1 aromatic heterocycles. The van der Waals surface area contributed by atoms with E-state index < -0.39 is 18.4 Å². The highest BCUT2D eigenvalue weighted by Gasteiger charge is 2.29. The first kappa shape index (κ1) is 14.7. The highest BCUT2D eigenvalue weighted by atomic mass is 35.5. The van der Waals surface area contributed by atoms with Crippen molar-refractivity contribution in [1.82, 2.24) is 25.9 Å². The first-order valence-electron chi connectivity index (χ1n) is 11.0. The Kier molecular flexibility index (Phi) is 4.21. The van der Waals surface area contributed by atoms with E-state index in [1.165, 1.54) is 17.1 Å². The van der Waals surface area contributed by atoms with Crippen LogP contribution in [0.3, 0.4) is 0 Å². The number of rotatable bonds is 5. The smallest absolute Gasteiger partial charge is 0.161 e. The summed E-state index contributed by atoms with van der Waals surface area (Å²) in [7, 11) is 0. The molecule has 28 heavy (non-hydrogen) atoms. The predicted octanol–water partition coefficient (Wildman–Crippen LogP) is 4.56. The first-order valence-corrected chi connectivity index (χ1v) is 9.45. The number of benzene rings is 2. The Morgan fingerprint density at radius 3 is 2.79 bits per heavy atom. The second-order valence-electron chi connectivity index (χ2n) is 7.02. The van der Waals surface area contributed by atoms with Gasteiger partial charge in [0.05, 0.1) is 28.0 Å². The second kappa shape index (κ2) is 8.01. The standard InChI is InChI=1S/C21H23ClFN5/c1-13(2)11-28-12-17(26-27-28)20-19(14-7-4-3-5-8-14)24-21(25-20)18-15(22)9-6-10-16(18)23/h3-10,13,17,26-27H,11-12H2,1-2H3,(H,24,25)/i12D2/hD2. The Balaban J connectivity index is 1.91. The SMILES string of the molecule is [2H]N1C(c2nc(-c3c(F)cccc3Cl)[nH]c2-c2ccccc2)C([2H])([2H])N(CC(C)C)N1[2H]. The third-order valence-electron chi connectivity index (χ3n) is 4.34. The van der Waals surface area contributed by atoms with E-state index in [1.54, 1.807) is 6.07 Å². The second-order valence-corrected chi connectivity index (χ2v) is 7.43. The maximum absolute atomic E-state index is 14.6. The minimum Gasteiger partial charge on any atom is -0.338 e. The van der Waals surface area contributed by atoms with Crippen molar-refractivity contribution in [3.05, 3.63) is 65.1 Å². The fourth-order valence-electron chi connectivity index (χ4n) is 3.11. The lowest BCUT2D eigenvalue weighted by Gasteiger charge is -2.16. The van der Waals surface area contributed by atoms with Gasteiger partial charge < -0.3 is 4.98 Å². The van der Waals surface area contributed by atoms with Crippen molar-refractivity contribution in [2.45, 2.75) is 19.9 Å². The summed E-state index contributed by atoms with van der Waals surface area (Å²) in [6.07, 6.45) is 0. The van der Waals surface area contributed by atoms with Gasteiger partial charge in [-0.3, -0.25) is 0 Å². The third kappa shape index (κ3) is 3.82. The van der Waals surface area contributed by atoms with Crippen LogP contribution in [0.25, 0.3) is 22.6 Å². The molecule has 1 aliphatic heterocycles. The van der Waals surface area contributed by atoms with Gasteiger partial charge in [0.15, 0.2) is 1.41 Å². The molecule has 1 atom stereocenters. The lowest BCUT2D eigenvalue weighted by molar-refractivity contribution is 0.207. The molecule has 0 spiro atoms. The molecule has 4 rings (SSSR count). The summed E-state index contributed by atoms with van der Waals surface area (Å²) in [4.78, 5) is 7.63. The van der Waals surface area contributed by atoms with Crippen molar-refractivity contribution < 1.29 is 9.96 Å². The maximum atomic E-state index is 14.6. The zero-order valence-corrected chi connectivity index (χ0v) is 16.3. The average Bonchev–Trinajstić information content (AvgIpc) is 3.21. The summed E-state index contributed by atoms with van der Waals surface area (Å²) in [6.45, 7) is 1.93. The third-order valence-corrected chi connectivity index (χ3v) is 4.65. The van der Waals surface area contributed by atoms with Crippen LogP contribution in [0.2, 0.25) is 7.85 Å². The molecule has 1 fully saturated rings. The van der Waals surface area contributed by atoms with Crippen molar-refractivity contribution in [3.63, 3.8) is 0 Å². The highest BCUT2D eigenvalue weighted by molar-refractivity contribution is 6.33. The van der Waals surface area contributed by atoms with E-state index in [0.29, 0.717) is 16.8 Å². The Bertz CT molecular complexity index is 1090. The van der Waals surface area contributed by atoms with Crippen LogP contribution in [0.1, 0.15) is 28.3 Å². The van der Waals surface area contributed by atoms with Gasteiger partial charge in [-0.1, -0.05) is 61.8 Å². The van der Waals surface area contributed by atoms with E-state index in [0.717, 1.165) is 5.42 Å². The lowest BCUT2D eigenvalue weighted by atomic mass is 10.1. The molecule has 2 aromatic carbocycles. The Hall–Kier alpha value is -2.25. The number of hydrogen-bond acceptors (Lipinski definition) is 4. The van der Waals surface area contributed by atoms with Crippen molar-refractivity contribution in [1.29, 1.82) is 0 Å². The lowest BCUT2D eigenvalue weighted by Crippen LogP contribution is -2.38. The highest BCUT2D eigenvalue weighted by Crippen LogP contribution is 2.34. The Morgan fingerprint density at radius 1 is 1.29 bits per heavy atom. The molecule has 2 heterocycles. The summed E-state index contributed by atoms with van der Waals surface area (Å²) in [5.41, 5.74) is 2.84. The summed E-state index contributed by atoms with van der Waals surface area (Å²) in [6, 6.07) is 12.2. The van der Waals surface area contributed by atoms with Crippen LogP contribution in [0.5, 0.6) is 0 Å². The number of imidazole rings is 1. The molecule has 5 nitrogen and oxygen atoms in total. The number of H-pyrrole nitrogens is 1. The van der Waals surface area contributed by atoms with Crippen LogP contribution in [-0.4, -0.2) is 28.0 Å². The van der Waals surface area contributed by atoms with E-state index in [2.05, 4.69) is 9.97 Å². The van der Waals surface area contributed by atoms with Gasteiger partial charge in [0, 0.05) is 15.8 Å². The Morgan fingerprint density at radius 2 is 2.07 bits per heavy atom. The zero-order chi connectivity index (χ0) is 23.2. The molecule has 0 aliphatic carbocycles. The van der Waals surface area contributed by atoms with E-state index >= 15 is 0 Å². The number of aromatic nitrogens is 2. The molecular weight excluding hydrogens is 377 g/mol. The quantitative estimate of drug-likeness (QED) is 0.584. The molecule has 1 unspecified atom stereocenters. The van der Waals surface area contributed by atoms with Crippen LogP contribution in [0.15, 0.2) is 48.5 Å². The van der Waals surface area contributed by atoms with Gasteiger partial charge >= 0.3 is 0 Å². The number of nitrogens with one attached hydrogen (secondary N) is 3. The van der Waals surface area contributed by atoms with Crippen LogP contribution in [-0.2, 0) is 0 Å². The molecule has 0 amide bonds. The maximum Gasteiger partial charge on any atom is 0.161 e. The van der Waals surface area contributed by atoms with Crippen molar-refractivity contribution >= 4 is 11.6 Å². The number of halogens is 2. The molecular formula is C21H23ClFN5. The van der Waals surface area contributed by atoms with Crippen LogP contribution >= 0.6 is 11.6 Å². The normalized spacial score (nSPS) is 22.8. The average molecular weight is 404 g/mol.